The van der Waals surface area contributed by atoms with Crippen LogP contribution in [0, 0.1) is 0 Å². The maximum absolute atomic E-state index is 5.74. The van der Waals surface area contributed by atoms with Crippen molar-refractivity contribution in [1.82, 2.24) is 10.3 Å². The fourth-order valence-electron chi connectivity index (χ4n) is 2.08. The summed E-state index contributed by atoms with van der Waals surface area (Å²) in [6.45, 7) is 4.13. The van der Waals surface area contributed by atoms with Crippen LogP contribution in [0.15, 0.2) is 24.5 Å². The minimum absolute atomic E-state index is 0.420. The molecular weight excluding hydrogens is 200 g/mol. The molecule has 3 heteroatoms. The van der Waals surface area contributed by atoms with E-state index in [9.17, 15) is 0 Å². The predicted octanol–water partition coefficient (Wildman–Crippen LogP) is 1.78. The largest absolute Gasteiger partial charge is 0.374 e. The monoisotopic (exact) mass is 220 g/mol. The molecule has 1 aromatic rings. The summed E-state index contributed by atoms with van der Waals surface area (Å²) in [5.74, 6) is 0. The van der Waals surface area contributed by atoms with E-state index in [-0.39, 0.29) is 0 Å². The third kappa shape index (κ3) is 3.58. The first-order valence-electron chi connectivity index (χ1n) is 6.09. The summed E-state index contributed by atoms with van der Waals surface area (Å²) >= 11 is 0. The normalized spacial score (nSPS) is 24.8. The molecule has 0 saturated carbocycles. The van der Waals surface area contributed by atoms with Crippen LogP contribution in [-0.2, 0) is 11.2 Å². The quantitative estimate of drug-likeness (QED) is 0.768. The van der Waals surface area contributed by atoms with Crippen molar-refractivity contribution in [1.29, 1.82) is 0 Å². The van der Waals surface area contributed by atoms with Crippen molar-refractivity contribution in [3.63, 3.8) is 0 Å². The Kier molecular flexibility index (Phi) is 4.31. The van der Waals surface area contributed by atoms with E-state index in [1.54, 1.807) is 0 Å². The first-order valence-corrected chi connectivity index (χ1v) is 6.09. The summed E-state index contributed by atoms with van der Waals surface area (Å²) in [6, 6.07) is 4.10. The van der Waals surface area contributed by atoms with Crippen LogP contribution in [-0.4, -0.2) is 30.3 Å². The van der Waals surface area contributed by atoms with Crippen LogP contribution in [0.5, 0.6) is 0 Å². The van der Waals surface area contributed by atoms with Crippen LogP contribution < -0.4 is 5.32 Å². The Morgan fingerprint density at radius 1 is 1.50 bits per heavy atom. The minimum Gasteiger partial charge on any atom is -0.374 e. The molecule has 0 aromatic carbocycles. The summed E-state index contributed by atoms with van der Waals surface area (Å²) in [6.07, 6.45) is 8.04. The third-order valence-electron chi connectivity index (χ3n) is 3.01. The zero-order valence-electron chi connectivity index (χ0n) is 9.86. The van der Waals surface area contributed by atoms with Gasteiger partial charge in [0.2, 0.25) is 0 Å². The lowest BCUT2D eigenvalue weighted by Gasteiger charge is -2.11. The summed E-state index contributed by atoms with van der Waals surface area (Å²) < 4.78 is 5.74. The van der Waals surface area contributed by atoms with Crippen LogP contribution in [0.1, 0.15) is 25.3 Å². The van der Waals surface area contributed by atoms with Gasteiger partial charge < -0.3 is 10.1 Å². The first kappa shape index (κ1) is 11.6. The average molecular weight is 220 g/mol. The second-order valence-electron chi connectivity index (χ2n) is 4.46. The van der Waals surface area contributed by atoms with Crippen LogP contribution in [0.2, 0.25) is 0 Å². The fourth-order valence-corrected chi connectivity index (χ4v) is 2.08. The molecule has 2 unspecified atom stereocenters. The smallest absolute Gasteiger partial charge is 0.0704 e. The third-order valence-corrected chi connectivity index (χ3v) is 3.01. The topological polar surface area (TPSA) is 34.2 Å². The van der Waals surface area contributed by atoms with E-state index >= 15 is 0 Å². The van der Waals surface area contributed by atoms with Crippen molar-refractivity contribution < 1.29 is 4.74 Å². The number of ether oxygens (including phenoxy) is 1. The molecule has 1 aliphatic heterocycles. The molecule has 1 saturated heterocycles. The van der Waals surface area contributed by atoms with Gasteiger partial charge >= 0.3 is 0 Å². The zero-order valence-corrected chi connectivity index (χ0v) is 9.86. The highest BCUT2D eigenvalue weighted by Crippen LogP contribution is 2.17. The van der Waals surface area contributed by atoms with Gasteiger partial charge in [-0.05, 0) is 44.4 Å². The summed E-state index contributed by atoms with van der Waals surface area (Å²) in [7, 11) is 0. The Bertz CT molecular complexity index is 302. The van der Waals surface area contributed by atoms with Gasteiger partial charge in [0.05, 0.1) is 12.2 Å². The number of rotatable bonds is 5. The Morgan fingerprint density at radius 3 is 3.12 bits per heavy atom. The number of pyridine rings is 1. The first-order chi connectivity index (χ1) is 7.84. The molecule has 2 heterocycles. The van der Waals surface area contributed by atoms with Crippen LogP contribution >= 0.6 is 0 Å². The van der Waals surface area contributed by atoms with Crippen molar-refractivity contribution in [3.05, 3.63) is 30.1 Å². The summed E-state index contributed by atoms with van der Waals surface area (Å²) in [5.41, 5.74) is 1.29. The van der Waals surface area contributed by atoms with Crippen molar-refractivity contribution in [2.45, 2.75) is 38.4 Å². The second-order valence-corrected chi connectivity index (χ2v) is 4.46. The molecule has 0 radical (unpaired) electrons. The summed E-state index contributed by atoms with van der Waals surface area (Å²) in [5, 5.41) is 3.44. The molecule has 88 valence electrons. The highest BCUT2D eigenvalue weighted by molar-refractivity contribution is 5.08. The van der Waals surface area contributed by atoms with Gasteiger partial charge in [-0.15, -0.1) is 0 Å². The fraction of sp³-hybridized carbons (Fsp3) is 0.615. The molecular formula is C13H20N2O. The molecule has 16 heavy (non-hydrogen) atoms. The molecule has 1 aromatic heterocycles. The van der Waals surface area contributed by atoms with E-state index in [1.165, 1.54) is 18.4 Å². The zero-order chi connectivity index (χ0) is 11.2. The van der Waals surface area contributed by atoms with Crippen LogP contribution in [0.3, 0.4) is 0 Å². The van der Waals surface area contributed by atoms with Gasteiger partial charge in [0.15, 0.2) is 0 Å². The van der Waals surface area contributed by atoms with E-state index in [4.69, 9.17) is 4.74 Å². The highest BCUT2D eigenvalue weighted by Gasteiger charge is 2.20. The lowest BCUT2D eigenvalue weighted by atomic mass is 10.2. The molecule has 0 bridgehead atoms. The number of hydrogen-bond donors (Lipinski definition) is 1. The van der Waals surface area contributed by atoms with Gasteiger partial charge in [-0.1, -0.05) is 6.07 Å². The Labute approximate surface area is 97.2 Å². The molecule has 3 nitrogen and oxygen atoms in total. The lowest BCUT2D eigenvalue weighted by molar-refractivity contribution is 0.0562. The predicted molar refractivity (Wildman–Crippen MR) is 64.4 cm³/mol. The van der Waals surface area contributed by atoms with Crippen molar-refractivity contribution in [2.24, 2.45) is 0 Å². The lowest BCUT2D eigenvalue weighted by Crippen LogP contribution is -2.28. The van der Waals surface area contributed by atoms with E-state index in [0.717, 1.165) is 19.5 Å². The number of nitrogens with one attached hydrogen (secondary N) is 1. The van der Waals surface area contributed by atoms with Gasteiger partial charge in [-0.3, -0.25) is 4.98 Å². The number of aromatic nitrogens is 1. The summed E-state index contributed by atoms with van der Waals surface area (Å²) in [4.78, 5) is 4.10. The molecule has 0 amide bonds. The SMILES string of the molecule is CC1CCC(CNCCc2cccnc2)O1. The Balaban J connectivity index is 1.59. The van der Waals surface area contributed by atoms with E-state index in [2.05, 4.69) is 23.3 Å². The van der Waals surface area contributed by atoms with E-state index in [1.807, 2.05) is 18.5 Å². The standard InChI is InChI=1S/C13H20N2O/c1-11-4-5-13(16-11)10-15-8-6-12-3-2-7-14-9-12/h2-3,7,9,11,13,15H,4-6,8,10H2,1H3. The molecule has 1 aliphatic rings. The van der Waals surface area contributed by atoms with Crippen molar-refractivity contribution >= 4 is 0 Å². The van der Waals surface area contributed by atoms with Gasteiger partial charge in [-0.25, -0.2) is 0 Å². The van der Waals surface area contributed by atoms with E-state index in [0.29, 0.717) is 12.2 Å². The van der Waals surface area contributed by atoms with Gasteiger partial charge in [-0.2, -0.15) is 0 Å². The maximum Gasteiger partial charge on any atom is 0.0704 e. The number of hydrogen-bond acceptors (Lipinski definition) is 3. The Hall–Kier alpha value is -0.930. The van der Waals surface area contributed by atoms with Crippen LogP contribution in [0.25, 0.3) is 0 Å². The van der Waals surface area contributed by atoms with Gasteiger partial charge in [0.1, 0.15) is 0 Å². The maximum atomic E-state index is 5.74. The van der Waals surface area contributed by atoms with Gasteiger partial charge in [0.25, 0.3) is 0 Å². The molecule has 2 rings (SSSR count). The van der Waals surface area contributed by atoms with Crippen molar-refractivity contribution in [3.8, 4) is 0 Å². The molecule has 0 aliphatic carbocycles. The van der Waals surface area contributed by atoms with E-state index < -0.39 is 0 Å². The second kappa shape index (κ2) is 5.97. The minimum atomic E-state index is 0.420. The van der Waals surface area contributed by atoms with Crippen LogP contribution in [0.4, 0.5) is 0 Å². The number of nitrogens with zero attached hydrogens (tertiary/aromatic N) is 1. The highest BCUT2D eigenvalue weighted by atomic mass is 16.5. The molecule has 0 spiro atoms. The molecule has 2 atom stereocenters. The molecule has 1 fully saturated rings. The van der Waals surface area contributed by atoms with Gasteiger partial charge in [0, 0.05) is 18.9 Å². The Morgan fingerprint density at radius 2 is 2.44 bits per heavy atom. The molecule has 1 N–H and O–H groups in total. The average Bonchev–Trinajstić information content (AvgIpc) is 2.72. The van der Waals surface area contributed by atoms with Crippen molar-refractivity contribution in [2.75, 3.05) is 13.1 Å².